The molecule has 0 atom stereocenters. The summed E-state index contributed by atoms with van der Waals surface area (Å²) >= 11 is 0. The number of carbonyl (C=O) groups excluding carboxylic acids is 2. The molecule has 0 saturated heterocycles. The molecule has 196 valence electrons. The number of carbonyl (C=O) groups is 2. The zero-order valence-electron chi connectivity index (χ0n) is 22.0. The van der Waals surface area contributed by atoms with Crippen molar-refractivity contribution >= 4 is 18.0 Å². The highest BCUT2D eigenvalue weighted by Crippen LogP contribution is 2.20. The van der Waals surface area contributed by atoms with Gasteiger partial charge in [0.05, 0.1) is 13.2 Å². The van der Waals surface area contributed by atoms with Crippen LogP contribution in [0.2, 0.25) is 0 Å². The number of aryl methyl sites for hydroxylation is 3. The van der Waals surface area contributed by atoms with E-state index in [9.17, 15) is 14.7 Å². The van der Waals surface area contributed by atoms with Gasteiger partial charge < -0.3 is 19.3 Å². The average Bonchev–Trinajstić information content (AvgIpc) is 2.88. The van der Waals surface area contributed by atoms with E-state index < -0.39 is 0 Å². The maximum absolute atomic E-state index is 11.3. The van der Waals surface area contributed by atoms with Gasteiger partial charge in [-0.05, 0) is 92.3 Å². The molecule has 0 aromatic heterocycles. The Morgan fingerprint density at radius 2 is 1.59 bits per heavy atom. The molecule has 0 amide bonds. The van der Waals surface area contributed by atoms with Gasteiger partial charge in [0.2, 0.25) is 0 Å². The standard InChI is InChI=1S/C19H20O3.C12H16O3/c1-3-21-19(20)12-10-17-9-11-18(13-15(17)2)22-14-16-7-5-4-6-8-16;1-3-15-12(14)7-5-10-4-6-11(13)8-9(10)2/h4-13H,3,14H2,1-2H3;4,6,8,13H,3,5,7H2,1-2H3/b12-10+;. The minimum atomic E-state index is -0.327. The number of rotatable bonds is 10. The summed E-state index contributed by atoms with van der Waals surface area (Å²) in [6, 6.07) is 21.0. The second-order valence-electron chi connectivity index (χ2n) is 8.29. The van der Waals surface area contributed by atoms with Crippen molar-refractivity contribution in [1.82, 2.24) is 0 Å². The molecule has 3 rings (SSSR count). The summed E-state index contributed by atoms with van der Waals surface area (Å²) in [4.78, 5) is 22.4. The average molecular weight is 505 g/mol. The van der Waals surface area contributed by atoms with Crippen LogP contribution in [0.25, 0.3) is 6.08 Å². The topological polar surface area (TPSA) is 82.1 Å². The van der Waals surface area contributed by atoms with Crippen molar-refractivity contribution in [3.8, 4) is 11.5 Å². The number of phenols is 1. The first-order chi connectivity index (χ1) is 17.8. The van der Waals surface area contributed by atoms with Crippen LogP contribution in [0.15, 0.2) is 72.8 Å². The Labute approximate surface area is 219 Å². The monoisotopic (exact) mass is 504 g/mol. The Morgan fingerprint density at radius 3 is 2.24 bits per heavy atom. The fraction of sp³-hybridized carbons (Fsp3) is 0.290. The molecule has 0 aliphatic carbocycles. The number of hydrogen-bond donors (Lipinski definition) is 1. The molecule has 0 fully saturated rings. The minimum absolute atomic E-state index is 0.176. The molecule has 6 heteroatoms. The highest BCUT2D eigenvalue weighted by molar-refractivity contribution is 5.87. The Kier molecular flexibility index (Phi) is 12.5. The maximum atomic E-state index is 11.3. The Morgan fingerprint density at radius 1 is 0.865 bits per heavy atom. The summed E-state index contributed by atoms with van der Waals surface area (Å²) in [6.45, 7) is 8.83. The van der Waals surface area contributed by atoms with Gasteiger partial charge in [0.25, 0.3) is 0 Å². The third kappa shape index (κ3) is 11.0. The predicted molar refractivity (Wildman–Crippen MR) is 145 cm³/mol. The number of aromatic hydroxyl groups is 1. The van der Waals surface area contributed by atoms with E-state index in [1.165, 1.54) is 6.08 Å². The van der Waals surface area contributed by atoms with Crippen molar-refractivity contribution in [2.75, 3.05) is 13.2 Å². The summed E-state index contributed by atoms with van der Waals surface area (Å²) in [6.07, 6.45) is 4.25. The van der Waals surface area contributed by atoms with Gasteiger partial charge in [-0.2, -0.15) is 0 Å². The van der Waals surface area contributed by atoms with Gasteiger partial charge >= 0.3 is 11.9 Å². The van der Waals surface area contributed by atoms with E-state index in [0.717, 1.165) is 33.6 Å². The van der Waals surface area contributed by atoms with E-state index in [1.807, 2.05) is 68.4 Å². The number of phenolic OH excluding ortho intramolecular Hbond substituents is 1. The van der Waals surface area contributed by atoms with Gasteiger partial charge in [0.15, 0.2) is 0 Å². The fourth-order valence-corrected chi connectivity index (χ4v) is 3.44. The lowest BCUT2D eigenvalue weighted by atomic mass is 10.0. The molecule has 0 radical (unpaired) electrons. The second kappa shape index (κ2) is 15.8. The Bertz CT molecular complexity index is 1170. The van der Waals surface area contributed by atoms with Crippen molar-refractivity contribution in [3.63, 3.8) is 0 Å². The lowest BCUT2D eigenvalue weighted by molar-refractivity contribution is -0.143. The van der Waals surface area contributed by atoms with Crippen LogP contribution in [0.5, 0.6) is 11.5 Å². The number of benzene rings is 3. The zero-order valence-corrected chi connectivity index (χ0v) is 22.0. The molecular formula is C31H36O6. The summed E-state index contributed by atoms with van der Waals surface area (Å²) in [5.41, 5.74) is 5.22. The van der Waals surface area contributed by atoms with E-state index in [4.69, 9.17) is 14.2 Å². The Balaban J connectivity index is 0.000000281. The zero-order chi connectivity index (χ0) is 27.0. The SMILES string of the molecule is CCOC(=O)/C=C/c1ccc(OCc2ccccc2)cc1C.CCOC(=O)CCc1ccc(O)cc1C. The van der Waals surface area contributed by atoms with Gasteiger partial charge in [-0.3, -0.25) is 4.79 Å². The normalized spacial score (nSPS) is 10.4. The first-order valence-corrected chi connectivity index (χ1v) is 12.4. The summed E-state index contributed by atoms with van der Waals surface area (Å²) < 4.78 is 15.5. The van der Waals surface area contributed by atoms with Gasteiger partial charge in [-0.1, -0.05) is 42.5 Å². The largest absolute Gasteiger partial charge is 0.508 e. The van der Waals surface area contributed by atoms with Crippen LogP contribution < -0.4 is 4.74 Å². The molecule has 0 unspecified atom stereocenters. The van der Waals surface area contributed by atoms with Crippen LogP contribution in [-0.2, 0) is 32.1 Å². The molecule has 0 aliphatic heterocycles. The van der Waals surface area contributed by atoms with Gasteiger partial charge in [-0.25, -0.2) is 4.79 Å². The molecule has 3 aromatic rings. The van der Waals surface area contributed by atoms with Crippen LogP contribution in [0, 0.1) is 13.8 Å². The van der Waals surface area contributed by atoms with Gasteiger partial charge in [-0.15, -0.1) is 0 Å². The third-order valence-electron chi connectivity index (χ3n) is 5.41. The molecule has 37 heavy (non-hydrogen) atoms. The molecule has 0 saturated carbocycles. The fourth-order valence-electron chi connectivity index (χ4n) is 3.44. The third-order valence-corrected chi connectivity index (χ3v) is 5.41. The van der Waals surface area contributed by atoms with Crippen LogP contribution in [0.1, 0.15) is 48.1 Å². The maximum Gasteiger partial charge on any atom is 0.330 e. The highest BCUT2D eigenvalue weighted by atomic mass is 16.5. The first-order valence-electron chi connectivity index (χ1n) is 12.4. The molecule has 0 heterocycles. The van der Waals surface area contributed by atoms with Crippen molar-refractivity contribution < 1.29 is 28.9 Å². The Hall–Kier alpha value is -4.06. The minimum Gasteiger partial charge on any atom is -0.508 e. The molecule has 6 nitrogen and oxygen atoms in total. The van der Waals surface area contributed by atoms with Crippen LogP contribution in [0.4, 0.5) is 0 Å². The number of ether oxygens (including phenoxy) is 3. The molecule has 1 N–H and O–H groups in total. The molecule has 0 bridgehead atoms. The van der Waals surface area contributed by atoms with Crippen molar-refractivity contribution in [2.45, 2.75) is 47.1 Å². The highest BCUT2D eigenvalue weighted by Gasteiger charge is 2.05. The summed E-state index contributed by atoms with van der Waals surface area (Å²) in [5.74, 6) is 0.568. The second-order valence-corrected chi connectivity index (χ2v) is 8.29. The number of hydrogen-bond acceptors (Lipinski definition) is 6. The summed E-state index contributed by atoms with van der Waals surface area (Å²) in [5, 5.41) is 9.21. The van der Waals surface area contributed by atoms with E-state index in [1.54, 1.807) is 32.1 Å². The molecule has 0 spiro atoms. The first kappa shape index (κ1) is 29.2. The molecule has 0 aliphatic rings. The molecular weight excluding hydrogens is 468 g/mol. The van der Waals surface area contributed by atoms with E-state index in [-0.39, 0.29) is 17.7 Å². The van der Waals surface area contributed by atoms with Crippen LogP contribution in [0.3, 0.4) is 0 Å². The van der Waals surface area contributed by atoms with E-state index >= 15 is 0 Å². The van der Waals surface area contributed by atoms with Crippen LogP contribution >= 0.6 is 0 Å². The molecule has 3 aromatic carbocycles. The lowest BCUT2D eigenvalue weighted by Crippen LogP contribution is -2.05. The lowest BCUT2D eigenvalue weighted by Gasteiger charge is -2.08. The van der Waals surface area contributed by atoms with Crippen LogP contribution in [-0.4, -0.2) is 30.3 Å². The van der Waals surface area contributed by atoms with Crippen molar-refractivity contribution in [3.05, 3.63) is 101 Å². The van der Waals surface area contributed by atoms with E-state index in [0.29, 0.717) is 32.7 Å². The van der Waals surface area contributed by atoms with Crippen molar-refractivity contribution in [2.24, 2.45) is 0 Å². The summed E-state index contributed by atoms with van der Waals surface area (Å²) in [7, 11) is 0. The smallest absolute Gasteiger partial charge is 0.330 e. The predicted octanol–water partition coefficient (Wildman–Crippen LogP) is 6.35. The van der Waals surface area contributed by atoms with Gasteiger partial charge in [0, 0.05) is 12.5 Å². The quantitative estimate of drug-likeness (QED) is 0.256. The van der Waals surface area contributed by atoms with E-state index in [2.05, 4.69) is 0 Å². The van der Waals surface area contributed by atoms with Crippen molar-refractivity contribution in [1.29, 1.82) is 0 Å². The van der Waals surface area contributed by atoms with Gasteiger partial charge in [0.1, 0.15) is 18.1 Å². The number of esters is 2.